The van der Waals surface area contributed by atoms with E-state index in [0.29, 0.717) is 41.6 Å². The Hall–Kier alpha value is -3.19. The third-order valence-corrected chi connectivity index (χ3v) is 5.08. The number of halogens is 1. The van der Waals surface area contributed by atoms with E-state index in [0.717, 1.165) is 11.4 Å². The quantitative estimate of drug-likeness (QED) is 0.674. The molecule has 1 amide bonds. The molecule has 3 aromatic rings. The molecule has 1 unspecified atom stereocenters. The number of hydrogen-bond donors (Lipinski definition) is 2. The summed E-state index contributed by atoms with van der Waals surface area (Å²) in [5.41, 5.74) is 2.04. The third kappa shape index (κ3) is 4.14. The number of amides is 1. The van der Waals surface area contributed by atoms with Gasteiger partial charge in [0.15, 0.2) is 0 Å². The summed E-state index contributed by atoms with van der Waals surface area (Å²) in [6.07, 6.45) is 2.98. The number of hydrogen-bond acceptors (Lipinski definition) is 5. The topological polar surface area (TPSA) is 91.0 Å². The Kier molecular flexibility index (Phi) is 5.31. The minimum absolute atomic E-state index is 0.0141. The second-order valence-corrected chi connectivity index (χ2v) is 7.26. The van der Waals surface area contributed by atoms with Crippen molar-refractivity contribution >= 4 is 29.0 Å². The van der Waals surface area contributed by atoms with Gasteiger partial charge in [0, 0.05) is 40.8 Å². The van der Waals surface area contributed by atoms with Crippen molar-refractivity contribution in [3.8, 4) is 11.4 Å². The number of nitrogens with zero attached hydrogens (tertiary/aromatic N) is 3. The number of nitrogens with one attached hydrogen (secondary N) is 2. The van der Waals surface area contributed by atoms with Crippen LogP contribution in [0.1, 0.15) is 19.0 Å². The van der Waals surface area contributed by atoms with Gasteiger partial charge in [0.2, 0.25) is 5.91 Å². The summed E-state index contributed by atoms with van der Waals surface area (Å²) in [6, 6.07) is 12.0. The van der Waals surface area contributed by atoms with Gasteiger partial charge in [-0.3, -0.25) is 9.59 Å². The third-order valence-electron chi connectivity index (χ3n) is 4.84. The van der Waals surface area contributed by atoms with E-state index in [4.69, 9.17) is 11.6 Å². The minimum atomic E-state index is -0.353. The van der Waals surface area contributed by atoms with Gasteiger partial charge in [-0.15, -0.1) is 0 Å². The zero-order valence-electron chi connectivity index (χ0n) is 15.9. The minimum Gasteiger partial charge on any atom is -0.358 e. The molecule has 1 aromatic carbocycles. The fourth-order valence-corrected chi connectivity index (χ4v) is 3.52. The van der Waals surface area contributed by atoms with Crippen molar-refractivity contribution in [3.63, 3.8) is 0 Å². The predicted octanol–water partition coefficient (Wildman–Crippen LogP) is 3.27. The maximum absolute atomic E-state index is 12.8. The number of benzene rings is 1. The van der Waals surface area contributed by atoms with E-state index in [1.165, 1.54) is 6.07 Å². The van der Waals surface area contributed by atoms with Gasteiger partial charge < -0.3 is 15.2 Å². The Labute approximate surface area is 172 Å². The predicted molar refractivity (Wildman–Crippen MR) is 113 cm³/mol. The average molecular weight is 410 g/mol. The zero-order valence-corrected chi connectivity index (χ0v) is 16.6. The molecular formula is C21H20ClN5O2. The molecule has 0 spiro atoms. The van der Waals surface area contributed by atoms with Gasteiger partial charge in [-0.1, -0.05) is 24.6 Å². The normalized spacial score (nSPS) is 16.3. The summed E-state index contributed by atoms with van der Waals surface area (Å²) in [5, 5.41) is 3.79. The zero-order chi connectivity index (χ0) is 20.4. The first-order valence-corrected chi connectivity index (χ1v) is 9.81. The summed E-state index contributed by atoms with van der Waals surface area (Å²) in [4.78, 5) is 37.8. The molecule has 1 fully saturated rings. The van der Waals surface area contributed by atoms with E-state index in [1.54, 1.807) is 29.3 Å². The molecule has 1 aliphatic heterocycles. The van der Waals surface area contributed by atoms with Crippen LogP contribution in [-0.4, -0.2) is 33.4 Å². The fraction of sp³-hybridized carbons (Fsp3) is 0.238. The van der Waals surface area contributed by atoms with Crippen molar-refractivity contribution in [2.24, 2.45) is 0 Å². The lowest BCUT2D eigenvalue weighted by atomic mass is 10.2. The first kappa shape index (κ1) is 19.1. The Morgan fingerprint density at radius 2 is 2.10 bits per heavy atom. The Bertz CT molecular complexity index is 1100. The molecule has 1 saturated heterocycles. The van der Waals surface area contributed by atoms with Gasteiger partial charge in [0.05, 0.1) is 0 Å². The maximum Gasteiger partial charge on any atom is 0.251 e. The van der Waals surface area contributed by atoms with E-state index in [2.05, 4.69) is 20.3 Å². The largest absolute Gasteiger partial charge is 0.358 e. The van der Waals surface area contributed by atoms with Crippen LogP contribution < -0.4 is 15.8 Å². The molecule has 3 heterocycles. The van der Waals surface area contributed by atoms with E-state index in [1.807, 2.05) is 25.1 Å². The lowest BCUT2D eigenvalue weighted by Crippen LogP contribution is -2.33. The molecular weight excluding hydrogens is 390 g/mol. The Morgan fingerprint density at radius 3 is 2.83 bits per heavy atom. The Balaban J connectivity index is 1.47. The lowest BCUT2D eigenvalue weighted by molar-refractivity contribution is -0.117. The van der Waals surface area contributed by atoms with Crippen LogP contribution in [0.15, 0.2) is 53.5 Å². The van der Waals surface area contributed by atoms with Gasteiger partial charge in [-0.25, -0.2) is 9.97 Å². The molecule has 0 radical (unpaired) electrons. The van der Waals surface area contributed by atoms with Crippen LogP contribution in [0, 0.1) is 0 Å². The highest BCUT2D eigenvalue weighted by molar-refractivity contribution is 6.31. The number of carbonyl (C=O) groups excluding carboxylic acids is 1. The standard InChI is InChI=1S/C21H20ClN5O2/c1-2-15-11-19(28)26-20(24-15)13-6-7-18(23-12-13)25-17-8-9-27(21(17)29)16-5-3-4-14(22)10-16/h3-7,10-12,17H,2,8-9H2,1H3,(H,23,25)(H,24,26,28). The van der Waals surface area contributed by atoms with Crippen LogP contribution >= 0.6 is 11.6 Å². The molecule has 4 rings (SSSR count). The number of carbonyl (C=O) groups is 1. The van der Waals surface area contributed by atoms with E-state index >= 15 is 0 Å². The highest BCUT2D eigenvalue weighted by Gasteiger charge is 2.32. The number of anilines is 2. The van der Waals surface area contributed by atoms with Crippen LogP contribution in [0.5, 0.6) is 0 Å². The molecule has 148 valence electrons. The summed E-state index contributed by atoms with van der Waals surface area (Å²) >= 11 is 6.04. The van der Waals surface area contributed by atoms with Gasteiger partial charge in [-0.2, -0.15) is 0 Å². The molecule has 0 aliphatic carbocycles. The molecule has 0 bridgehead atoms. The molecule has 1 atom stereocenters. The van der Waals surface area contributed by atoms with Gasteiger partial charge >= 0.3 is 0 Å². The van der Waals surface area contributed by atoms with Gasteiger partial charge in [-0.05, 0) is 43.2 Å². The monoisotopic (exact) mass is 409 g/mol. The van der Waals surface area contributed by atoms with Gasteiger partial charge in [0.25, 0.3) is 5.56 Å². The SMILES string of the molecule is CCc1cc(=O)[nH]c(-c2ccc(NC3CCN(c4cccc(Cl)c4)C3=O)nc2)n1. The second kappa shape index (κ2) is 8.05. The first-order chi connectivity index (χ1) is 14.0. The molecule has 8 heteroatoms. The first-order valence-electron chi connectivity index (χ1n) is 9.43. The van der Waals surface area contributed by atoms with Crippen molar-refractivity contribution in [3.05, 3.63) is 69.7 Å². The van der Waals surface area contributed by atoms with Crippen molar-refractivity contribution in [2.75, 3.05) is 16.8 Å². The summed E-state index contributed by atoms with van der Waals surface area (Å²) < 4.78 is 0. The van der Waals surface area contributed by atoms with Crippen molar-refractivity contribution < 1.29 is 4.79 Å². The average Bonchev–Trinajstić information content (AvgIpc) is 3.08. The molecule has 2 aromatic heterocycles. The second-order valence-electron chi connectivity index (χ2n) is 6.83. The van der Waals surface area contributed by atoms with Crippen molar-refractivity contribution in [1.82, 2.24) is 15.0 Å². The number of aromatic amines is 1. The molecule has 7 nitrogen and oxygen atoms in total. The fourth-order valence-electron chi connectivity index (χ4n) is 3.34. The smallest absolute Gasteiger partial charge is 0.251 e. The van der Waals surface area contributed by atoms with Crippen LogP contribution in [0.25, 0.3) is 11.4 Å². The van der Waals surface area contributed by atoms with Gasteiger partial charge in [0.1, 0.15) is 17.7 Å². The lowest BCUT2D eigenvalue weighted by Gasteiger charge is -2.17. The van der Waals surface area contributed by atoms with E-state index < -0.39 is 0 Å². The number of rotatable bonds is 5. The highest BCUT2D eigenvalue weighted by atomic mass is 35.5. The molecule has 2 N–H and O–H groups in total. The number of aromatic nitrogens is 3. The van der Waals surface area contributed by atoms with E-state index in [9.17, 15) is 9.59 Å². The van der Waals surface area contributed by atoms with Crippen LogP contribution in [0.3, 0.4) is 0 Å². The van der Waals surface area contributed by atoms with Crippen molar-refractivity contribution in [1.29, 1.82) is 0 Å². The molecule has 0 saturated carbocycles. The maximum atomic E-state index is 12.8. The number of aryl methyl sites for hydroxylation is 1. The summed E-state index contributed by atoms with van der Waals surface area (Å²) in [5.74, 6) is 1.06. The molecule has 1 aliphatic rings. The van der Waals surface area contributed by atoms with Crippen molar-refractivity contribution in [2.45, 2.75) is 25.8 Å². The summed E-state index contributed by atoms with van der Waals surface area (Å²) in [6.45, 7) is 2.56. The number of H-pyrrole nitrogens is 1. The van der Waals surface area contributed by atoms with Crippen LogP contribution in [-0.2, 0) is 11.2 Å². The number of pyridine rings is 1. The molecule has 29 heavy (non-hydrogen) atoms. The highest BCUT2D eigenvalue weighted by Crippen LogP contribution is 2.26. The summed E-state index contributed by atoms with van der Waals surface area (Å²) in [7, 11) is 0. The van der Waals surface area contributed by atoms with Crippen LogP contribution in [0.2, 0.25) is 5.02 Å². The van der Waals surface area contributed by atoms with E-state index in [-0.39, 0.29) is 17.5 Å². The van der Waals surface area contributed by atoms with Crippen LogP contribution in [0.4, 0.5) is 11.5 Å². The Morgan fingerprint density at radius 1 is 1.24 bits per heavy atom.